The SMILES string of the molecule is Cc1cnc(C(=O)Nc2nnc3ccccn23)cn1. The molecule has 0 aliphatic carbocycles. The highest BCUT2D eigenvalue weighted by Gasteiger charge is 2.12. The standard InChI is InChI=1S/C12H10N6O/c1-8-6-14-9(7-13-8)11(19)15-12-17-16-10-4-2-3-5-18(10)12/h2-7H,1H3,(H,15,17,19). The Morgan fingerprint density at radius 2 is 2.11 bits per heavy atom. The maximum absolute atomic E-state index is 12.0. The molecule has 0 spiro atoms. The van der Waals surface area contributed by atoms with Gasteiger partial charge < -0.3 is 0 Å². The van der Waals surface area contributed by atoms with Crippen molar-refractivity contribution in [2.75, 3.05) is 5.32 Å². The minimum Gasteiger partial charge on any atom is -0.289 e. The van der Waals surface area contributed by atoms with Crippen molar-refractivity contribution >= 4 is 17.5 Å². The number of aromatic nitrogens is 5. The first-order valence-corrected chi connectivity index (χ1v) is 5.64. The number of carbonyl (C=O) groups is 1. The molecular formula is C12H10N6O. The second-order valence-electron chi connectivity index (χ2n) is 3.95. The number of carbonyl (C=O) groups excluding carboxylic acids is 1. The Balaban J connectivity index is 1.89. The molecule has 3 aromatic heterocycles. The number of hydrogen-bond donors (Lipinski definition) is 1. The maximum atomic E-state index is 12.0. The molecule has 0 atom stereocenters. The molecule has 3 aromatic rings. The number of aryl methyl sites for hydroxylation is 1. The summed E-state index contributed by atoms with van der Waals surface area (Å²) >= 11 is 0. The molecule has 0 aliphatic heterocycles. The number of hydrogen-bond acceptors (Lipinski definition) is 5. The van der Waals surface area contributed by atoms with E-state index in [4.69, 9.17) is 0 Å². The minimum absolute atomic E-state index is 0.235. The average molecular weight is 254 g/mol. The smallest absolute Gasteiger partial charge is 0.278 e. The van der Waals surface area contributed by atoms with Gasteiger partial charge >= 0.3 is 0 Å². The molecule has 7 nitrogen and oxygen atoms in total. The van der Waals surface area contributed by atoms with Crippen molar-refractivity contribution in [1.82, 2.24) is 24.6 Å². The van der Waals surface area contributed by atoms with Gasteiger partial charge in [-0.15, -0.1) is 10.2 Å². The highest BCUT2D eigenvalue weighted by molar-refractivity contribution is 6.01. The molecule has 1 N–H and O–H groups in total. The van der Waals surface area contributed by atoms with E-state index < -0.39 is 0 Å². The van der Waals surface area contributed by atoms with Gasteiger partial charge in [-0.3, -0.25) is 19.5 Å². The van der Waals surface area contributed by atoms with Gasteiger partial charge in [-0.2, -0.15) is 0 Å². The number of anilines is 1. The Kier molecular flexibility index (Phi) is 2.64. The van der Waals surface area contributed by atoms with Crippen molar-refractivity contribution in [3.05, 3.63) is 48.2 Å². The van der Waals surface area contributed by atoms with Crippen LogP contribution in [0.15, 0.2) is 36.8 Å². The number of amides is 1. The van der Waals surface area contributed by atoms with Crippen LogP contribution in [0.25, 0.3) is 5.65 Å². The molecule has 0 fully saturated rings. The van der Waals surface area contributed by atoms with E-state index in [2.05, 4.69) is 25.5 Å². The fourth-order valence-corrected chi connectivity index (χ4v) is 1.60. The Bertz CT molecular complexity index is 733. The molecule has 0 saturated heterocycles. The van der Waals surface area contributed by atoms with Gasteiger partial charge in [0.15, 0.2) is 5.65 Å². The van der Waals surface area contributed by atoms with Gasteiger partial charge in [-0.1, -0.05) is 6.07 Å². The van der Waals surface area contributed by atoms with Gasteiger partial charge in [-0.25, -0.2) is 4.98 Å². The second-order valence-corrected chi connectivity index (χ2v) is 3.95. The zero-order valence-corrected chi connectivity index (χ0v) is 10.1. The molecular weight excluding hydrogens is 244 g/mol. The third-order valence-corrected chi connectivity index (χ3v) is 2.55. The minimum atomic E-state index is -0.370. The molecule has 0 aliphatic rings. The van der Waals surface area contributed by atoms with Crippen LogP contribution in [0.4, 0.5) is 5.95 Å². The van der Waals surface area contributed by atoms with Gasteiger partial charge in [0.25, 0.3) is 5.91 Å². The molecule has 0 bridgehead atoms. The van der Waals surface area contributed by atoms with Crippen molar-refractivity contribution < 1.29 is 4.79 Å². The lowest BCUT2D eigenvalue weighted by molar-refractivity contribution is 0.102. The van der Waals surface area contributed by atoms with E-state index in [1.165, 1.54) is 12.4 Å². The zero-order chi connectivity index (χ0) is 13.2. The van der Waals surface area contributed by atoms with E-state index in [1.54, 1.807) is 23.6 Å². The van der Waals surface area contributed by atoms with E-state index >= 15 is 0 Å². The molecule has 0 aromatic carbocycles. The molecule has 0 unspecified atom stereocenters. The van der Waals surface area contributed by atoms with Crippen LogP contribution in [-0.4, -0.2) is 30.5 Å². The van der Waals surface area contributed by atoms with E-state index in [9.17, 15) is 4.79 Å². The summed E-state index contributed by atoms with van der Waals surface area (Å²) in [6, 6.07) is 5.48. The van der Waals surface area contributed by atoms with Crippen LogP contribution in [0, 0.1) is 6.92 Å². The van der Waals surface area contributed by atoms with Gasteiger partial charge in [-0.05, 0) is 19.1 Å². The fourth-order valence-electron chi connectivity index (χ4n) is 1.60. The third-order valence-electron chi connectivity index (χ3n) is 2.55. The van der Waals surface area contributed by atoms with Gasteiger partial charge in [0, 0.05) is 12.4 Å². The molecule has 3 rings (SSSR count). The van der Waals surface area contributed by atoms with Crippen molar-refractivity contribution in [2.45, 2.75) is 6.92 Å². The predicted molar refractivity (Wildman–Crippen MR) is 67.7 cm³/mol. The maximum Gasteiger partial charge on any atom is 0.278 e. The van der Waals surface area contributed by atoms with Crippen LogP contribution in [0.1, 0.15) is 16.2 Å². The van der Waals surface area contributed by atoms with Crippen LogP contribution in [0.5, 0.6) is 0 Å². The van der Waals surface area contributed by atoms with Crippen LogP contribution >= 0.6 is 0 Å². The van der Waals surface area contributed by atoms with Crippen molar-refractivity contribution in [3.63, 3.8) is 0 Å². The number of fused-ring (bicyclic) bond motifs is 1. The number of nitrogens with one attached hydrogen (secondary N) is 1. The molecule has 94 valence electrons. The Morgan fingerprint density at radius 3 is 2.89 bits per heavy atom. The summed E-state index contributed by atoms with van der Waals surface area (Å²) in [4.78, 5) is 20.0. The lowest BCUT2D eigenvalue weighted by Crippen LogP contribution is -2.16. The fraction of sp³-hybridized carbons (Fsp3) is 0.0833. The highest BCUT2D eigenvalue weighted by atomic mass is 16.2. The van der Waals surface area contributed by atoms with E-state index in [0.29, 0.717) is 11.6 Å². The monoisotopic (exact) mass is 254 g/mol. The van der Waals surface area contributed by atoms with E-state index in [-0.39, 0.29) is 11.6 Å². The van der Waals surface area contributed by atoms with Gasteiger partial charge in [0.2, 0.25) is 5.95 Å². The first-order chi connectivity index (χ1) is 9.24. The van der Waals surface area contributed by atoms with E-state index in [1.807, 2.05) is 12.1 Å². The van der Waals surface area contributed by atoms with Crippen molar-refractivity contribution in [2.24, 2.45) is 0 Å². The first kappa shape index (κ1) is 11.3. The topological polar surface area (TPSA) is 85.1 Å². The summed E-state index contributed by atoms with van der Waals surface area (Å²) in [6.45, 7) is 1.81. The number of rotatable bonds is 2. The van der Waals surface area contributed by atoms with Gasteiger partial charge in [0.05, 0.1) is 11.9 Å². The van der Waals surface area contributed by atoms with Crippen molar-refractivity contribution in [3.8, 4) is 0 Å². The lowest BCUT2D eigenvalue weighted by atomic mass is 10.4. The summed E-state index contributed by atoms with van der Waals surface area (Å²) in [6.07, 6.45) is 4.73. The lowest BCUT2D eigenvalue weighted by Gasteiger charge is -2.02. The van der Waals surface area contributed by atoms with Crippen LogP contribution in [0.2, 0.25) is 0 Å². The first-order valence-electron chi connectivity index (χ1n) is 5.64. The molecule has 7 heteroatoms. The zero-order valence-electron chi connectivity index (χ0n) is 10.1. The molecule has 3 heterocycles. The molecule has 0 saturated carbocycles. The predicted octanol–water partition coefficient (Wildman–Crippen LogP) is 1.08. The quantitative estimate of drug-likeness (QED) is 0.739. The molecule has 19 heavy (non-hydrogen) atoms. The summed E-state index contributed by atoms with van der Waals surface area (Å²) < 4.78 is 1.68. The molecule has 1 amide bonds. The average Bonchev–Trinajstić information content (AvgIpc) is 2.83. The Morgan fingerprint density at radius 1 is 1.21 bits per heavy atom. The highest BCUT2D eigenvalue weighted by Crippen LogP contribution is 2.08. The van der Waals surface area contributed by atoms with E-state index in [0.717, 1.165) is 5.69 Å². The Labute approximate surface area is 108 Å². The Hall–Kier alpha value is -2.83. The summed E-state index contributed by atoms with van der Waals surface area (Å²) in [5, 5.41) is 10.5. The van der Waals surface area contributed by atoms with Crippen LogP contribution in [0.3, 0.4) is 0 Å². The summed E-state index contributed by atoms with van der Waals surface area (Å²) in [5.74, 6) is -0.0198. The molecule has 0 radical (unpaired) electrons. The summed E-state index contributed by atoms with van der Waals surface area (Å²) in [7, 11) is 0. The number of nitrogens with zero attached hydrogens (tertiary/aromatic N) is 5. The summed E-state index contributed by atoms with van der Waals surface area (Å²) in [5.41, 5.74) is 1.65. The third kappa shape index (κ3) is 2.13. The second kappa shape index (κ2) is 4.45. The largest absolute Gasteiger partial charge is 0.289 e. The van der Waals surface area contributed by atoms with Gasteiger partial charge in [0.1, 0.15) is 5.69 Å². The number of pyridine rings is 1. The van der Waals surface area contributed by atoms with Crippen LogP contribution < -0.4 is 5.32 Å². The normalized spacial score (nSPS) is 10.6. The van der Waals surface area contributed by atoms with Crippen LogP contribution in [-0.2, 0) is 0 Å². The van der Waals surface area contributed by atoms with Crippen molar-refractivity contribution in [1.29, 1.82) is 0 Å².